The van der Waals surface area contributed by atoms with Gasteiger partial charge < -0.3 is 23.5 Å². The topological polar surface area (TPSA) is 76.0 Å². The molecule has 0 aliphatic heterocycles. The Kier molecular flexibility index (Phi) is 6.65. The molecule has 0 aliphatic carbocycles. The van der Waals surface area contributed by atoms with Gasteiger partial charge in [0.2, 0.25) is 5.78 Å². The SMILES string of the molecule is COc1ccc(-n2c(C)cc(C(=O)COC(=O)c3cc(OC)ccc3OC)c2C)cc1. The lowest BCUT2D eigenvalue weighted by atomic mass is 10.1. The number of carbonyl (C=O) groups is 2. The lowest BCUT2D eigenvalue weighted by Crippen LogP contribution is -2.15. The van der Waals surface area contributed by atoms with Crippen LogP contribution in [0.25, 0.3) is 5.69 Å². The number of hydrogen-bond donors (Lipinski definition) is 0. The molecule has 2 aromatic carbocycles. The van der Waals surface area contributed by atoms with Crippen LogP contribution in [0.4, 0.5) is 0 Å². The Balaban J connectivity index is 1.78. The second-order valence-corrected chi connectivity index (χ2v) is 6.88. The van der Waals surface area contributed by atoms with Gasteiger partial charge in [0, 0.05) is 22.6 Å². The largest absolute Gasteiger partial charge is 0.497 e. The van der Waals surface area contributed by atoms with Crippen molar-refractivity contribution in [3.8, 4) is 22.9 Å². The molecule has 7 nitrogen and oxygen atoms in total. The van der Waals surface area contributed by atoms with E-state index < -0.39 is 5.97 Å². The molecule has 1 aromatic heterocycles. The average molecular weight is 423 g/mol. The van der Waals surface area contributed by atoms with Gasteiger partial charge in [-0.05, 0) is 62.4 Å². The molecule has 0 amide bonds. The Morgan fingerprint density at radius 1 is 0.806 bits per heavy atom. The number of nitrogens with zero attached hydrogens (tertiary/aromatic N) is 1. The molecule has 31 heavy (non-hydrogen) atoms. The fraction of sp³-hybridized carbons (Fsp3) is 0.250. The molecule has 0 atom stereocenters. The van der Waals surface area contributed by atoms with Crippen LogP contribution >= 0.6 is 0 Å². The summed E-state index contributed by atoms with van der Waals surface area (Å²) in [5, 5.41) is 0. The Hall–Kier alpha value is -3.74. The monoisotopic (exact) mass is 423 g/mol. The van der Waals surface area contributed by atoms with Crippen LogP contribution < -0.4 is 14.2 Å². The minimum Gasteiger partial charge on any atom is -0.497 e. The summed E-state index contributed by atoms with van der Waals surface area (Å²) in [7, 11) is 4.57. The number of Topliss-reactive ketones (excluding diaryl/α,β-unsaturated/α-hetero) is 1. The second kappa shape index (κ2) is 9.38. The van der Waals surface area contributed by atoms with Crippen LogP contribution in [0.3, 0.4) is 0 Å². The van der Waals surface area contributed by atoms with Crippen LogP contribution in [0.1, 0.15) is 32.1 Å². The zero-order valence-electron chi connectivity index (χ0n) is 18.2. The number of ketones is 1. The average Bonchev–Trinajstić information content (AvgIpc) is 3.10. The van der Waals surface area contributed by atoms with Gasteiger partial charge in [-0.15, -0.1) is 0 Å². The van der Waals surface area contributed by atoms with E-state index in [-0.39, 0.29) is 18.0 Å². The normalized spacial score (nSPS) is 10.5. The van der Waals surface area contributed by atoms with E-state index in [4.69, 9.17) is 18.9 Å². The summed E-state index contributed by atoms with van der Waals surface area (Å²) in [5.74, 6) is 0.636. The van der Waals surface area contributed by atoms with Gasteiger partial charge in [0.15, 0.2) is 6.61 Å². The molecule has 0 N–H and O–H groups in total. The third-order valence-corrected chi connectivity index (χ3v) is 5.02. The van der Waals surface area contributed by atoms with Gasteiger partial charge in [-0.3, -0.25) is 4.79 Å². The third-order valence-electron chi connectivity index (χ3n) is 5.02. The molecule has 162 valence electrons. The van der Waals surface area contributed by atoms with E-state index in [1.807, 2.05) is 42.7 Å². The maximum Gasteiger partial charge on any atom is 0.342 e. The number of rotatable bonds is 8. The maximum absolute atomic E-state index is 12.8. The van der Waals surface area contributed by atoms with Gasteiger partial charge in [0.05, 0.1) is 21.3 Å². The zero-order chi connectivity index (χ0) is 22.5. The summed E-state index contributed by atoms with van der Waals surface area (Å²) in [6.45, 7) is 3.39. The highest BCUT2D eigenvalue weighted by Gasteiger charge is 2.20. The number of methoxy groups -OCH3 is 3. The first-order valence-corrected chi connectivity index (χ1v) is 9.65. The predicted molar refractivity (Wildman–Crippen MR) is 116 cm³/mol. The van der Waals surface area contributed by atoms with Crippen molar-refractivity contribution in [2.75, 3.05) is 27.9 Å². The summed E-state index contributed by atoms with van der Waals surface area (Å²) < 4.78 is 22.8. The Labute approximate surface area is 181 Å². The van der Waals surface area contributed by atoms with Crippen molar-refractivity contribution in [3.05, 3.63) is 71.0 Å². The van der Waals surface area contributed by atoms with E-state index >= 15 is 0 Å². The van der Waals surface area contributed by atoms with Gasteiger partial charge in [-0.25, -0.2) is 4.79 Å². The van der Waals surface area contributed by atoms with Gasteiger partial charge in [-0.2, -0.15) is 0 Å². The molecule has 0 radical (unpaired) electrons. The molecule has 0 aliphatic rings. The van der Waals surface area contributed by atoms with Crippen molar-refractivity contribution in [1.82, 2.24) is 4.57 Å². The molecule has 0 bridgehead atoms. The first-order chi connectivity index (χ1) is 14.9. The van der Waals surface area contributed by atoms with Crippen molar-refractivity contribution >= 4 is 11.8 Å². The van der Waals surface area contributed by atoms with Crippen LogP contribution in [0.2, 0.25) is 0 Å². The lowest BCUT2D eigenvalue weighted by Gasteiger charge is -2.11. The number of ether oxygens (including phenoxy) is 4. The summed E-state index contributed by atoms with van der Waals surface area (Å²) in [6, 6.07) is 14.2. The smallest absolute Gasteiger partial charge is 0.342 e. The summed E-state index contributed by atoms with van der Waals surface area (Å²) in [4.78, 5) is 25.3. The van der Waals surface area contributed by atoms with Gasteiger partial charge in [0.25, 0.3) is 0 Å². The Morgan fingerprint density at radius 2 is 1.45 bits per heavy atom. The minimum atomic E-state index is -0.659. The quantitative estimate of drug-likeness (QED) is 0.400. The van der Waals surface area contributed by atoms with E-state index in [9.17, 15) is 9.59 Å². The van der Waals surface area contributed by atoms with Gasteiger partial charge >= 0.3 is 5.97 Å². The Morgan fingerprint density at radius 3 is 2.06 bits per heavy atom. The number of aryl methyl sites for hydroxylation is 1. The highest BCUT2D eigenvalue weighted by atomic mass is 16.5. The highest BCUT2D eigenvalue weighted by Crippen LogP contribution is 2.26. The summed E-state index contributed by atoms with van der Waals surface area (Å²) >= 11 is 0. The van der Waals surface area contributed by atoms with Crippen LogP contribution in [-0.2, 0) is 4.74 Å². The predicted octanol–water partition coefficient (Wildman–Crippen LogP) is 4.16. The van der Waals surface area contributed by atoms with Crippen molar-refractivity contribution in [3.63, 3.8) is 0 Å². The zero-order valence-corrected chi connectivity index (χ0v) is 18.2. The molecule has 0 unspecified atom stereocenters. The molecule has 0 fully saturated rings. The van der Waals surface area contributed by atoms with E-state index in [0.29, 0.717) is 17.1 Å². The highest BCUT2D eigenvalue weighted by molar-refractivity contribution is 6.01. The van der Waals surface area contributed by atoms with Crippen molar-refractivity contribution in [2.45, 2.75) is 13.8 Å². The Bertz CT molecular complexity index is 1100. The van der Waals surface area contributed by atoms with Gasteiger partial charge in [-0.1, -0.05) is 0 Å². The molecule has 0 saturated carbocycles. The molecular formula is C24H25NO6. The minimum absolute atomic E-state index is 0.193. The molecule has 3 rings (SSSR count). The molecule has 0 saturated heterocycles. The van der Waals surface area contributed by atoms with Crippen molar-refractivity contribution < 1.29 is 28.5 Å². The number of benzene rings is 2. The maximum atomic E-state index is 12.8. The summed E-state index contributed by atoms with van der Waals surface area (Å²) in [6.07, 6.45) is 0. The standard InChI is InChI=1S/C24H25NO6/c1-15-12-20(16(2)25(15)17-6-8-18(28-3)9-7-17)22(26)14-31-24(27)21-13-19(29-4)10-11-23(21)30-5/h6-13H,14H2,1-5H3. The second-order valence-electron chi connectivity index (χ2n) is 6.88. The molecule has 0 spiro atoms. The first kappa shape index (κ1) is 22.0. The number of hydrogen-bond acceptors (Lipinski definition) is 6. The van der Waals surface area contributed by atoms with Crippen LogP contribution in [0.15, 0.2) is 48.5 Å². The first-order valence-electron chi connectivity index (χ1n) is 9.65. The molecule has 7 heteroatoms. The number of esters is 1. The molecular weight excluding hydrogens is 398 g/mol. The van der Waals surface area contributed by atoms with E-state index in [1.54, 1.807) is 25.3 Å². The van der Waals surface area contributed by atoms with Crippen LogP contribution in [-0.4, -0.2) is 44.3 Å². The number of aromatic nitrogens is 1. The van der Waals surface area contributed by atoms with Crippen LogP contribution in [0.5, 0.6) is 17.2 Å². The fourth-order valence-electron chi connectivity index (χ4n) is 3.43. The fourth-order valence-corrected chi connectivity index (χ4v) is 3.43. The molecule has 1 heterocycles. The van der Waals surface area contributed by atoms with E-state index in [2.05, 4.69) is 0 Å². The van der Waals surface area contributed by atoms with Crippen molar-refractivity contribution in [2.24, 2.45) is 0 Å². The van der Waals surface area contributed by atoms with Crippen molar-refractivity contribution in [1.29, 1.82) is 0 Å². The van der Waals surface area contributed by atoms with Gasteiger partial charge in [0.1, 0.15) is 22.8 Å². The third kappa shape index (κ3) is 4.55. The molecule has 3 aromatic rings. The van der Waals surface area contributed by atoms with E-state index in [1.165, 1.54) is 20.3 Å². The number of carbonyl (C=O) groups excluding carboxylic acids is 2. The summed E-state index contributed by atoms with van der Waals surface area (Å²) in [5.41, 5.74) is 3.26. The van der Waals surface area contributed by atoms with E-state index in [0.717, 1.165) is 22.8 Å². The lowest BCUT2D eigenvalue weighted by molar-refractivity contribution is 0.0471. The van der Waals surface area contributed by atoms with Crippen LogP contribution in [0, 0.1) is 13.8 Å².